The maximum atomic E-state index is 5.47. The van der Waals surface area contributed by atoms with E-state index in [2.05, 4.69) is 22.1 Å². The zero-order valence-corrected chi connectivity index (χ0v) is 9.74. The van der Waals surface area contributed by atoms with Gasteiger partial charge in [0.1, 0.15) is 0 Å². The third kappa shape index (κ3) is 5.60. The molecular formula is C10H16ClNOS. The average Bonchev–Trinajstić information content (AvgIpc) is 2.69. The lowest BCUT2D eigenvalue weighted by Crippen LogP contribution is -2.16. The summed E-state index contributed by atoms with van der Waals surface area (Å²) in [5, 5.41) is 7.62. The van der Waals surface area contributed by atoms with E-state index >= 15 is 0 Å². The summed E-state index contributed by atoms with van der Waals surface area (Å²) in [6, 6.07) is 2.14. The zero-order valence-electron chi connectivity index (χ0n) is 8.17. The van der Waals surface area contributed by atoms with Gasteiger partial charge in [0.25, 0.3) is 0 Å². The van der Waals surface area contributed by atoms with Crippen LogP contribution in [0.4, 0.5) is 0 Å². The van der Waals surface area contributed by atoms with E-state index in [9.17, 15) is 0 Å². The van der Waals surface area contributed by atoms with Gasteiger partial charge in [-0.25, -0.2) is 0 Å². The number of hydrogen-bond donors (Lipinski definition) is 1. The lowest BCUT2D eigenvalue weighted by atomic mass is 10.3. The van der Waals surface area contributed by atoms with Gasteiger partial charge in [-0.05, 0) is 35.4 Å². The highest BCUT2D eigenvalue weighted by Crippen LogP contribution is 2.04. The topological polar surface area (TPSA) is 21.3 Å². The lowest BCUT2D eigenvalue weighted by Gasteiger charge is -2.03. The average molecular weight is 234 g/mol. The molecule has 1 N–H and O–H groups in total. The highest BCUT2D eigenvalue weighted by Gasteiger charge is 1.92. The Bertz CT molecular complexity index is 216. The Balaban J connectivity index is 1.85. The standard InChI is InChI=1S/C10H16ClNOS/c11-3-6-13-5-1-4-12-8-10-2-7-14-9-10/h2,7,9,12H,1,3-6,8H2. The second-order valence-electron chi connectivity index (χ2n) is 2.96. The summed E-state index contributed by atoms with van der Waals surface area (Å²) in [6.07, 6.45) is 1.04. The molecule has 1 aromatic heterocycles. The van der Waals surface area contributed by atoms with Gasteiger partial charge in [-0.15, -0.1) is 11.6 Å². The summed E-state index contributed by atoms with van der Waals surface area (Å²) < 4.78 is 5.25. The maximum Gasteiger partial charge on any atom is 0.0601 e. The van der Waals surface area contributed by atoms with Gasteiger partial charge in [0, 0.05) is 19.0 Å². The number of halogens is 1. The first-order valence-electron chi connectivity index (χ1n) is 4.79. The van der Waals surface area contributed by atoms with Crippen molar-refractivity contribution >= 4 is 22.9 Å². The predicted octanol–water partition coefficient (Wildman–Crippen LogP) is 2.48. The van der Waals surface area contributed by atoms with Crippen molar-refractivity contribution in [2.45, 2.75) is 13.0 Å². The summed E-state index contributed by atoms with van der Waals surface area (Å²) in [5.41, 5.74) is 1.36. The van der Waals surface area contributed by atoms with E-state index in [1.54, 1.807) is 11.3 Å². The molecule has 0 saturated heterocycles. The van der Waals surface area contributed by atoms with Gasteiger partial charge in [0.2, 0.25) is 0 Å². The molecule has 0 fully saturated rings. The SMILES string of the molecule is ClCCOCCCNCc1ccsc1. The molecule has 80 valence electrons. The molecule has 0 aromatic carbocycles. The molecule has 0 aliphatic carbocycles. The van der Waals surface area contributed by atoms with Gasteiger partial charge >= 0.3 is 0 Å². The van der Waals surface area contributed by atoms with Gasteiger partial charge < -0.3 is 10.1 Å². The maximum absolute atomic E-state index is 5.47. The number of rotatable bonds is 8. The van der Waals surface area contributed by atoms with Crippen LogP contribution in [0.5, 0.6) is 0 Å². The molecule has 0 bridgehead atoms. The van der Waals surface area contributed by atoms with Crippen molar-refractivity contribution in [2.24, 2.45) is 0 Å². The van der Waals surface area contributed by atoms with Crippen LogP contribution in [-0.2, 0) is 11.3 Å². The first-order valence-corrected chi connectivity index (χ1v) is 6.26. The fourth-order valence-corrected chi connectivity index (χ4v) is 1.86. The third-order valence-electron chi connectivity index (χ3n) is 1.77. The highest BCUT2D eigenvalue weighted by molar-refractivity contribution is 7.07. The Kier molecular flexibility index (Phi) is 7.05. The summed E-state index contributed by atoms with van der Waals surface area (Å²) in [5.74, 6) is 0.586. The van der Waals surface area contributed by atoms with E-state index in [0.29, 0.717) is 12.5 Å². The van der Waals surface area contributed by atoms with Gasteiger partial charge in [-0.3, -0.25) is 0 Å². The van der Waals surface area contributed by atoms with E-state index in [-0.39, 0.29) is 0 Å². The molecule has 0 aliphatic heterocycles. The predicted molar refractivity (Wildman–Crippen MR) is 62.2 cm³/mol. The molecule has 0 unspecified atom stereocenters. The highest BCUT2D eigenvalue weighted by atomic mass is 35.5. The van der Waals surface area contributed by atoms with E-state index in [1.807, 2.05) is 0 Å². The van der Waals surface area contributed by atoms with Crippen molar-refractivity contribution in [1.29, 1.82) is 0 Å². The molecule has 0 radical (unpaired) electrons. The van der Waals surface area contributed by atoms with Crippen LogP contribution < -0.4 is 5.32 Å². The van der Waals surface area contributed by atoms with Crippen molar-refractivity contribution in [3.8, 4) is 0 Å². The first kappa shape index (κ1) is 12.0. The molecule has 2 nitrogen and oxygen atoms in total. The summed E-state index contributed by atoms with van der Waals surface area (Å²) in [7, 11) is 0. The second-order valence-corrected chi connectivity index (χ2v) is 4.12. The summed E-state index contributed by atoms with van der Waals surface area (Å²) in [6.45, 7) is 3.41. The van der Waals surface area contributed by atoms with E-state index in [4.69, 9.17) is 16.3 Å². The molecular weight excluding hydrogens is 218 g/mol. The summed E-state index contributed by atoms with van der Waals surface area (Å²) >= 11 is 7.20. The van der Waals surface area contributed by atoms with Crippen molar-refractivity contribution in [2.75, 3.05) is 25.6 Å². The van der Waals surface area contributed by atoms with Crippen LogP contribution in [0.3, 0.4) is 0 Å². The minimum absolute atomic E-state index is 0.586. The Hall–Kier alpha value is -0.0900. The molecule has 0 atom stereocenters. The number of hydrogen-bond acceptors (Lipinski definition) is 3. The fraction of sp³-hybridized carbons (Fsp3) is 0.600. The van der Waals surface area contributed by atoms with Crippen molar-refractivity contribution in [1.82, 2.24) is 5.32 Å². The fourth-order valence-electron chi connectivity index (χ4n) is 1.08. The minimum atomic E-state index is 0.586. The third-order valence-corrected chi connectivity index (χ3v) is 2.66. The second kappa shape index (κ2) is 8.24. The molecule has 1 aromatic rings. The molecule has 0 saturated carbocycles. The first-order chi connectivity index (χ1) is 6.93. The van der Waals surface area contributed by atoms with Crippen LogP contribution in [0, 0.1) is 0 Å². The van der Waals surface area contributed by atoms with Crippen molar-refractivity contribution in [3.63, 3.8) is 0 Å². The van der Waals surface area contributed by atoms with Crippen LogP contribution in [0.25, 0.3) is 0 Å². The van der Waals surface area contributed by atoms with Crippen LogP contribution in [0.1, 0.15) is 12.0 Å². The minimum Gasteiger partial charge on any atom is -0.380 e. The smallest absolute Gasteiger partial charge is 0.0601 e. The van der Waals surface area contributed by atoms with Gasteiger partial charge in [0.05, 0.1) is 6.61 Å². The largest absolute Gasteiger partial charge is 0.380 e. The quantitative estimate of drug-likeness (QED) is 0.550. The molecule has 0 aliphatic rings. The van der Waals surface area contributed by atoms with Crippen molar-refractivity contribution < 1.29 is 4.74 Å². The van der Waals surface area contributed by atoms with Crippen LogP contribution in [-0.4, -0.2) is 25.6 Å². The van der Waals surface area contributed by atoms with Gasteiger partial charge in [0.15, 0.2) is 0 Å². The molecule has 0 spiro atoms. The van der Waals surface area contributed by atoms with E-state index in [1.165, 1.54) is 5.56 Å². The van der Waals surface area contributed by atoms with Crippen molar-refractivity contribution in [3.05, 3.63) is 22.4 Å². The lowest BCUT2D eigenvalue weighted by molar-refractivity contribution is 0.146. The normalized spacial score (nSPS) is 10.6. The Labute approximate surface area is 94.2 Å². The summed E-state index contributed by atoms with van der Waals surface area (Å²) in [4.78, 5) is 0. The van der Waals surface area contributed by atoms with E-state index < -0.39 is 0 Å². The van der Waals surface area contributed by atoms with Crippen LogP contribution in [0.2, 0.25) is 0 Å². The zero-order chi connectivity index (χ0) is 10.1. The number of alkyl halides is 1. The number of nitrogens with one attached hydrogen (secondary N) is 1. The van der Waals surface area contributed by atoms with Gasteiger partial charge in [-0.1, -0.05) is 0 Å². The van der Waals surface area contributed by atoms with E-state index in [0.717, 1.165) is 26.1 Å². The molecule has 1 rings (SSSR count). The Morgan fingerprint density at radius 1 is 1.43 bits per heavy atom. The molecule has 14 heavy (non-hydrogen) atoms. The van der Waals surface area contributed by atoms with Crippen LogP contribution >= 0.6 is 22.9 Å². The Morgan fingerprint density at radius 3 is 3.07 bits per heavy atom. The number of thiophene rings is 1. The van der Waals surface area contributed by atoms with Crippen LogP contribution in [0.15, 0.2) is 16.8 Å². The monoisotopic (exact) mass is 233 g/mol. The van der Waals surface area contributed by atoms with Gasteiger partial charge in [-0.2, -0.15) is 11.3 Å². The Morgan fingerprint density at radius 2 is 2.36 bits per heavy atom. The molecule has 0 amide bonds. The molecule has 4 heteroatoms. The molecule has 1 heterocycles. The number of ether oxygens (including phenoxy) is 1.